The van der Waals surface area contributed by atoms with Crippen LogP contribution in [0.4, 0.5) is 5.69 Å². The average Bonchev–Trinajstić information content (AvgIpc) is 2.27. The molecule has 0 aliphatic rings. The number of nitriles is 1. The second kappa shape index (κ2) is 4.67. The van der Waals surface area contributed by atoms with Gasteiger partial charge in [-0.25, -0.2) is 0 Å². The third-order valence-corrected chi connectivity index (χ3v) is 2.14. The van der Waals surface area contributed by atoms with E-state index in [0.29, 0.717) is 16.5 Å². The van der Waals surface area contributed by atoms with Gasteiger partial charge in [0, 0.05) is 12.1 Å². The van der Waals surface area contributed by atoms with E-state index in [4.69, 9.17) is 21.6 Å². The monoisotopic (exact) mass is 224 g/mol. The van der Waals surface area contributed by atoms with Crippen molar-refractivity contribution < 1.29 is 9.53 Å². The topological polar surface area (TPSA) is 53.3 Å². The predicted octanol–water partition coefficient (Wildman–Crippen LogP) is 1.83. The van der Waals surface area contributed by atoms with Crippen molar-refractivity contribution in [2.75, 3.05) is 19.1 Å². The molecule has 15 heavy (non-hydrogen) atoms. The van der Waals surface area contributed by atoms with Crippen LogP contribution in [0.1, 0.15) is 0 Å². The van der Waals surface area contributed by atoms with Gasteiger partial charge in [0.05, 0.1) is 12.8 Å². The number of rotatable bonds is 2. The van der Waals surface area contributed by atoms with Crippen molar-refractivity contribution in [3.8, 4) is 11.8 Å². The summed E-state index contributed by atoms with van der Waals surface area (Å²) in [6.45, 7) is 0. The van der Waals surface area contributed by atoms with Crippen LogP contribution in [-0.2, 0) is 4.79 Å². The standard InChI is InChI=1S/C10H9ClN2O2/c1-13(10(14)6-12)8-5-7(11)3-4-9(8)15-2/h3-5H,1-2H3. The molecule has 0 unspecified atom stereocenters. The Morgan fingerprint density at radius 1 is 1.60 bits per heavy atom. The summed E-state index contributed by atoms with van der Waals surface area (Å²) in [6, 6.07) is 6.37. The fraction of sp³-hybridized carbons (Fsp3) is 0.200. The van der Waals surface area contributed by atoms with Crippen LogP contribution in [-0.4, -0.2) is 20.1 Å². The molecule has 1 amide bonds. The van der Waals surface area contributed by atoms with Crippen LogP contribution >= 0.6 is 11.6 Å². The minimum atomic E-state index is -0.671. The number of amides is 1. The molecular formula is C10H9ClN2O2. The first-order valence-corrected chi connectivity index (χ1v) is 4.49. The first-order chi connectivity index (χ1) is 7.10. The van der Waals surface area contributed by atoms with E-state index in [9.17, 15) is 4.79 Å². The molecule has 0 N–H and O–H groups in total. The molecule has 0 atom stereocenters. The Bertz CT molecular complexity index is 426. The molecule has 0 aliphatic heterocycles. The molecule has 0 saturated carbocycles. The first-order valence-electron chi connectivity index (χ1n) is 4.11. The van der Waals surface area contributed by atoms with Gasteiger partial charge in [-0.2, -0.15) is 5.26 Å². The highest BCUT2D eigenvalue weighted by molar-refractivity contribution is 6.31. The Balaban J connectivity index is 3.17. The highest BCUT2D eigenvalue weighted by atomic mass is 35.5. The number of carbonyl (C=O) groups excluding carboxylic acids is 1. The van der Waals surface area contributed by atoms with E-state index >= 15 is 0 Å². The van der Waals surface area contributed by atoms with Gasteiger partial charge in [-0.3, -0.25) is 9.69 Å². The largest absolute Gasteiger partial charge is 0.495 e. The van der Waals surface area contributed by atoms with Crippen molar-refractivity contribution in [2.24, 2.45) is 0 Å². The van der Waals surface area contributed by atoms with Gasteiger partial charge in [-0.1, -0.05) is 11.6 Å². The van der Waals surface area contributed by atoms with E-state index in [1.807, 2.05) is 0 Å². The fourth-order valence-electron chi connectivity index (χ4n) is 1.11. The number of hydrogen-bond donors (Lipinski definition) is 0. The maximum Gasteiger partial charge on any atom is 0.329 e. The number of hydrogen-bond acceptors (Lipinski definition) is 3. The SMILES string of the molecule is COc1ccc(Cl)cc1N(C)C(=O)C#N. The van der Waals surface area contributed by atoms with Crippen LogP contribution in [0.5, 0.6) is 5.75 Å². The highest BCUT2D eigenvalue weighted by Gasteiger charge is 2.14. The zero-order valence-electron chi connectivity index (χ0n) is 8.32. The minimum absolute atomic E-state index is 0.469. The summed E-state index contributed by atoms with van der Waals surface area (Å²) in [5.41, 5.74) is 0.469. The van der Waals surface area contributed by atoms with E-state index in [0.717, 1.165) is 0 Å². The molecule has 0 fully saturated rings. The summed E-state index contributed by atoms with van der Waals surface area (Å²) < 4.78 is 5.05. The van der Waals surface area contributed by atoms with E-state index in [1.165, 1.54) is 25.1 Å². The number of halogens is 1. The number of carbonyl (C=O) groups is 1. The van der Waals surface area contributed by atoms with Gasteiger partial charge in [0.1, 0.15) is 5.75 Å². The van der Waals surface area contributed by atoms with Crippen molar-refractivity contribution in [3.05, 3.63) is 23.2 Å². The summed E-state index contributed by atoms with van der Waals surface area (Å²) in [4.78, 5) is 12.3. The van der Waals surface area contributed by atoms with Crippen molar-refractivity contribution in [1.82, 2.24) is 0 Å². The van der Waals surface area contributed by atoms with E-state index < -0.39 is 5.91 Å². The normalized spacial score (nSPS) is 9.20. The molecule has 0 saturated heterocycles. The Morgan fingerprint density at radius 3 is 2.80 bits per heavy atom. The van der Waals surface area contributed by atoms with Crippen molar-refractivity contribution in [2.45, 2.75) is 0 Å². The molecular weight excluding hydrogens is 216 g/mol. The quantitative estimate of drug-likeness (QED) is 0.721. The van der Waals surface area contributed by atoms with E-state index in [-0.39, 0.29) is 0 Å². The third kappa shape index (κ3) is 2.39. The second-order valence-corrected chi connectivity index (χ2v) is 3.23. The maximum atomic E-state index is 11.2. The smallest absolute Gasteiger partial charge is 0.329 e. The molecule has 1 aromatic carbocycles. The number of methoxy groups -OCH3 is 1. The summed E-state index contributed by atoms with van der Waals surface area (Å²) in [7, 11) is 2.97. The van der Waals surface area contributed by atoms with Crippen molar-refractivity contribution in [3.63, 3.8) is 0 Å². The molecule has 0 aliphatic carbocycles. The van der Waals surface area contributed by atoms with Crippen molar-refractivity contribution in [1.29, 1.82) is 5.26 Å². The lowest BCUT2D eigenvalue weighted by molar-refractivity contribution is -0.113. The second-order valence-electron chi connectivity index (χ2n) is 2.79. The summed E-state index contributed by atoms with van der Waals surface area (Å²) in [5, 5.41) is 8.96. The Labute approximate surface area is 92.6 Å². The molecule has 5 heteroatoms. The summed E-state index contributed by atoms with van der Waals surface area (Å²) in [5.74, 6) is -0.180. The molecule has 0 spiro atoms. The lowest BCUT2D eigenvalue weighted by Gasteiger charge is -2.16. The molecule has 1 rings (SSSR count). The molecule has 0 aromatic heterocycles. The highest BCUT2D eigenvalue weighted by Crippen LogP contribution is 2.30. The van der Waals surface area contributed by atoms with Crippen LogP contribution < -0.4 is 9.64 Å². The van der Waals surface area contributed by atoms with Gasteiger partial charge in [-0.15, -0.1) is 0 Å². The molecule has 4 nitrogen and oxygen atoms in total. The lowest BCUT2D eigenvalue weighted by atomic mass is 10.2. The number of nitrogens with zero attached hydrogens (tertiary/aromatic N) is 2. The van der Waals surface area contributed by atoms with Crippen LogP contribution in [0.25, 0.3) is 0 Å². The van der Waals surface area contributed by atoms with Gasteiger partial charge in [0.2, 0.25) is 0 Å². The van der Waals surface area contributed by atoms with Gasteiger partial charge in [0.15, 0.2) is 6.07 Å². The number of benzene rings is 1. The minimum Gasteiger partial charge on any atom is -0.495 e. The predicted molar refractivity (Wildman–Crippen MR) is 57.0 cm³/mol. The van der Waals surface area contributed by atoms with Crippen LogP contribution in [0.2, 0.25) is 5.02 Å². The number of ether oxygens (including phenoxy) is 1. The Morgan fingerprint density at radius 2 is 2.27 bits per heavy atom. The molecule has 0 bridgehead atoms. The van der Waals surface area contributed by atoms with Crippen LogP contribution in [0, 0.1) is 11.3 Å². The van der Waals surface area contributed by atoms with Gasteiger partial charge < -0.3 is 4.74 Å². The zero-order valence-corrected chi connectivity index (χ0v) is 9.08. The lowest BCUT2D eigenvalue weighted by Crippen LogP contribution is -2.24. The maximum absolute atomic E-state index is 11.2. The Kier molecular flexibility index (Phi) is 3.53. The van der Waals surface area contributed by atoms with Crippen LogP contribution in [0.3, 0.4) is 0 Å². The van der Waals surface area contributed by atoms with Gasteiger partial charge in [-0.05, 0) is 18.2 Å². The van der Waals surface area contributed by atoms with Gasteiger partial charge in [0.25, 0.3) is 0 Å². The van der Waals surface area contributed by atoms with E-state index in [2.05, 4.69) is 0 Å². The summed E-state index contributed by atoms with van der Waals surface area (Å²) >= 11 is 5.79. The molecule has 0 heterocycles. The van der Waals surface area contributed by atoms with E-state index in [1.54, 1.807) is 18.2 Å². The van der Waals surface area contributed by atoms with Crippen molar-refractivity contribution >= 4 is 23.2 Å². The molecule has 0 radical (unpaired) electrons. The third-order valence-electron chi connectivity index (χ3n) is 1.90. The Hall–Kier alpha value is -1.73. The zero-order chi connectivity index (χ0) is 11.4. The summed E-state index contributed by atoms with van der Waals surface area (Å²) in [6.07, 6.45) is 0. The fourth-order valence-corrected chi connectivity index (χ4v) is 1.28. The number of anilines is 1. The first kappa shape index (κ1) is 11.3. The molecule has 1 aromatic rings. The van der Waals surface area contributed by atoms with Gasteiger partial charge >= 0.3 is 5.91 Å². The average molecular weight is 225 g/mol. The van der Waals surface area contributed by atoms with Crippen LogP contribution in [0.15, 0.2) is 18.2 Å². The molecule has 78 valence electrons.